The summed E-state index contributed by atoms with van der Waals surface area (Å²) in [6.07, 6.45) is -2.16. The van der Waals surface area contributed by atoms with E-state index in [9.17, 15) is 23.1 Å². The molecule has 0 saturated heterocycles. The van der Waals surface area contributed by atoms with E-state index in [1.54, 1.807) is 7.05 Å². The zero-order valence-corrected chi connectivity index (χ0v) is 16.3. The number of thiophene rings is 1. The van der Waals surface area contributed by atoms with Gasteiger partial charge in [-0.25, -0.2) is 4.79 Å². The second-order valence-corrected chi connectivity index (χ2v) is 8.86. The summed E-state index contributed by atoms with van der Waals surface area (Å²) >= 11 is 1.33. The third-order valence-corrected chi connectivity index (χ3v) is 6.36. The van der Waals surface area contributed by atoms with E-state index >= 15 is 0 Å². The minimum atomic E-state index is -4.48. The van der Waals surface area contributed by atoms with Crippen molar-refractivity contribution in [2.45, 2.75) is 45.8 Å². The zero-order chi connectivity index (χ0) is 20.0. The normalized spacial score (nSPS) is 16.2. The average molecular weight is 397 g/mol. The molecule has 0 atom stereocenters. The Morgan fingerprint density at radius 2 is 2.04 bits per heavy atom. The Hall–Kier alpha value is -1.86. The van der Waals surface area contributed by atoms with Crippen molar-refractivity contribution < 1.29 is 23.1 Å². The summed E-state index contributed by atoms with van der Waals surface area (Å²) in [6, 6.07) is 3.57. The Morgan fingerprint density at radius 1 is 1.33 bits per heavy atom. The molecule has 0 saturated carbocycles. The number of carbonyl (C=O) groups is 1. The van der Waals surface area contributed by atoms with Crippen LogP contribution in [0.25, 0.3) is 10.4 Å². The molecule has 0 radical (unpaired) electrons. The number of hydrogen-bond donors (Lipinski definition) is 2. The molecule has 0 amide bonds. The largest absolute Gasteiger partial charge is 0.478 e. The topological polar surface area (TPSA) is 49.3 Å². The van der Waals surface area contributed by atoms with Crippen molar-refractivity contribution in [1.29, 1.82) is 0 Å². The molecule has 0 unspecified atom stereocenters. The van der Waals surface area contributed by atoms with Crippen molar-refractivity contribution in [1.82, 2.24) is 5.32 Å². The predicted molar refractivity (Wildman–Crippen MR) is 100 cm³/mol. The van der Waals surface area contributed by atoms with Gasteiger partial charge in [0.25, 0.3) is 0 Å². The Labute approximate surface area is 160 Å². The SMILES string of the molecule is CNCc1ccc(C(F)(F)F)cc1-c1sc2c(c1C(=O)O)CC(C)(C)CC2. The lowest BCUT2D eigenvalue weighted by molar-refractivity contribution is -0.137. The van der Waals surface area contributed by atoms with Crippen molar-refractivity contribution in [2.75, 3.05) is 7.05 Å². The van der Waals surface area contributed by atoms with Crippen molar-refractivity contribution >= 4 is 17.3 Å². The van der Waals surface area contributed by atoms with Crippen LogP contribution in [0.2, 0.25) is 0 Å². The molecular weight excluding hydrogens is 375 g/mol. The maximum Gasteiger partial charge on any atom is 0.416 e. The molecule has 1 aromatic heterocycles. The first kappa shape index (κ1) is 19.9. The minimum absolute atomic E-state index is 0.0167. The number of hydrogen-bond acceptors (Lipinski definition) is 3. The summed E-state index contributed by atoms with van der Waals surface area (Å²) in [5, 5.41) is 12.8. The lowest BCUT2D eigenvalue weighted by Crippen LogP contribution is -2.22. The van der Waals surface area contributed by atoms with E-state index in [1.807, 2.05) is 0 Å². The highest BCUT2D eigenvalue weighted by Crippen LogP contribution is 2.46. The molecule has 7 heteroatoms. The van der Waals surface area contributed by atoms with Crippen LogP contribution in [0, 0.1) is 5.41 Å². The number of carboxylic acids is 1. The lowest BCUT2D eigenvalue weighted by Gasteiger charge is -2.29. The fourth-order valence-electron chi connectivity index (χ4n) is 3.64. The fourth-order valence-corrected chi connectivity index (χ4v) is 5.01. The van der Waals surface area contributed by atoms with Crippen molar-refractivity contribution in [3.8, 4) is 10.4 Å². The second-order valence-electron chi connectivity index (χ2n) is 7.75. The molecule has 0 fully saturated rings. The number of aromatic carboxylic acids is 1. The van der Waals surface area contributed by atoms with Gasteiger partial charge in [-0.3, -0.25) is 0 Å². The van der Waals surface area contributed by atoms with Gasteiger partial charge in [0.2, 0.25) is 0 Å². The van der Waals surface area contributed by atoms with Gasteiger partial charge >= 0.3 is 12.1 Å². The molecule has 1 heterocycles. The summed E-state index contributed by atoms with van der Waals surface area (Å²) in [6.45, 7) is 4.55. The van der Waals surface area contributed by atoms with Crippen LogP contribution in [0.1, 0.15) is 52.2 Å². The molecule has 1 aromatic carbocycles. The van der Waals surface area contributed by atoms with Gasteiger partial charge in [-0.15, -0.1) is 11.3 Å². The smallest absolute Gasteiger partial charge is 0.416 e. The molecule has 0 bridgehead atoms. The van der Waals surface area contributed by atoms with E-state index in [1.165, 1.54) is 17.4 Å². The summed E-state index contributed by atoms with van der Waals surface area (Å²) in [5.41, 5.74) is 1.18. The first-order valence-electron chi connectivity index (χ1n) is 8.76. The third-order valence-electron chi connectivity index (χ3n) is 5.04. The van der Waals surface area contributed by atoms with E-state index in [0.717, 1.165) is 35.4 Å². The fraction of sp³-hybridized carbons (Fsp3) is 0.450. The first-order valence-corrected chi connectivity index (χ1v) is 9.58. The Kier molecular flexibility index (Phi) is 5.12. The second kappa shape index (κ2) is 6.95. The molecule has 0 spiro atoms. The number of benzene rings is 1. The molecule has 2 aromatic rings. The van der Waals surface area contributed by atoms with Crippen molar-refractivity contribution in [3.63, 3.8) is 0 Å². The van der Waals surface area contributed by atoms with Crippen LogP contribution in [0.15, 0.2) is 18.2 Å². The highest BCUT2D eigenvalue weighted by atomic mass is 32.1. The molecule has 1 aliphatic carbocycles. The van der Waals surface area contributed by atoms with Gasteiger partial charge in [-0.05, 0) is 60.5 Å². The van der Waals surface area contributed by atoms with Gasteiger partial charge in [0.1, 0.15) is 0 Å². The van der Waals surface area contributed by atoms with Crippen LogP contribution in [0.5, 0.6) is 0 Å². The van der Waals surface area contributed by atoms with Crippen LogP contribution >= 0.6 is 11.3 Å². The Balaban J connectivity index is 2.24. The van der Waals surface area contributed by atoms with Gasteiger partial charge in [0, 0.05) is 16.3 Å². The molecule has 27 heavy (non-hydrogen) atoms. The summed E-state index contributed by atoms with van der Waals surface area (Å²) < 4.78 is 39.8. The van der Waals surface area contributed by atoms with Gasteiger partial charge in [0.05, 0.1) is 11.1 Å². The van der Waals surface area contributed by atoms with Crippen LogP contribution in [-0.4, -0.2) is 18.1 Å². The van der Waals surface area contributed by atoms with Gasteiger partial charge in [-0.2, -0.15) is 13.2 Å². The van der Waals surface area contributed by atoms with Crippen LogP contribution < -0.4 is 5.32 Å². The van der Waals surface area contributed by atoms with Crippen molar-refractivity contribution in [2.24, 2.45) is 5.41 Å². The quantitative estimate of drug-likeness (QED) is 0.730. The van der Waals surface area contributed by atoms with E-state index in [-0.39, 0.29) is 11.0 Å². The lowest BCUT2D eigenvalue weighted by atomic mass is 9.76. The molecule has 3 nitrogen and oxygen atoms in total. The zero-order valence-electron chi connectivity index (χ0n) is 15.5. The molecular formula is C20H22F3NO2S. The van der Waals surface area contributed by atoms with Crippen molar-refractivity contribution in [3.05, 3.63) is 45.3 Å². The number of halogens is 3. The number of aryl methyl sites for hydroxylation is 1. The Bertz CT molecular complexity index is 884. The average Bonchev–Trinajstić information content (AvgIpc) is 2.91. The molecule has 0 aliphatic heterocycles. The van der Waals surface area contributed by atoms with Gasteiger partial charge in [0.15, 0.2) is 0 Å². The first-order chi connectivity index (χ1) is 12.5. The molecule has 2 N–H and O–H groups in total. The number of alkyl halides is 3. The maximum atomic E-state index is 13.3. The summed E-state index contributed by atoms with van der Waals surface area (Å²) in [4.78, 5) is 13.5. The highest BCUT2D eigenvalue weighted by Gasteiger charge is 2.35. The van der Waals surface area contributed by atoms with E-state index < -0.39 is 17.7 Å². The molecule has 3 rings (SSSR count). The predicted octanol–water partition coefficient (Wildman–Crippen LogP) is 5.37. The maximum absolute atomic E-state index is 13.3. The van der Waals surface area contributed by atoms with Crippen LogP contribution in [-0.2, 0) is 25.6 Å². The number of rotatable bonds is 4. The molecule has 1 aliphatic rings. The molecule has 146 valence electrons. The van der Waals surface area contributed by atoms with E-state index in [4.69, 9.17) is 0 Å². The Morgan fingerprint density at radius 3 is 2.63 bits per heavy atom. The van der Waals surface area contributed by atoms with Crippen LogP contribution in [0.4, 0.5) is 13.2 Å². The minimum Gasteiger partial charge on any atom is -0.478 e. The van der Waals surface area contributed by atoms with E-state index in [2.05, 4.69) is 19.2 Å². The van der Waals surface area contributed by atoms with Crippen LogP contribution in [0.3, 0.4) is 0 Å². The number of nitrogens with one attached hydrogen (secondary N) is 1. The summed E-state index contributed by atoms with van der Waals surface area (Å²) in [5.74, 6) is -1.08. The van der Waals surface area contributed by atoms with E-state index in [0.29, 0.717) is 29.0 Å². The highest BCUT2D eigenvalue weighted by molar-refractivity contribution is 7.16. The standard InChI is InChI=1S/C20H22F3NO2S/c1-19(2)7-6-15-14(9-19)16(18(25)26)17(27-15)13-8-12(20(21,22)23)5-4-11(13)10-24-3/h4-5,8,24H,6-7,9-10H2,1-3H3,(H,25,26). The summed E-state index contributed by atoms with van der Waals surface area (Å²) in [7, 11) is 1.71. The number of fused-ring (bicyclic) bond motifs is 1. The van der Waals surface area contributed by atoms with Gasteiger partial charge in [-0.1, -0.05) is 19.9 Å². The van der Waals surface area contributed by atoms with Gasteiger partial charge < -0.3 is 10.4 Å². The number of carboxylic acid groups (broad SMARTS) is 1. The monoisotopic (exact) mass is 397 g/mol. The third kappa shape index (κ3) is 3.89.